The standard InChI is InChI=1S/C16H18N2O5/c1-9(2)22-14-11(16(20)21-4)6-5-7-12(14)17-15(19)13-8-10(3)18-23-13/h5-9H,1-4H3,(H,17,19). The molecule has 1 N–H and O–H groups in total. The molecule has 1 aromatic carbocycles. The summed E-state index contributed by atoms with van der Waals surface area (Å²) in [6, 6.07) is 6.34. The monoisotopic (exact) mass is 318 g/mol. The first-order valence-electron chi connectivity index (χ1n) is 7.05. The van der Waals surface area contributed by atoms with Crippen LogP contribution < -0.4 is 10.1 Å². The van der Waals surface area contributed by atoms with Crippen LogP contribution in [-0.4, -0.2) is 30.2 Å². The predicted octanol–water partition coefficient (Wildman–Crippen LogP) is 2.81. The Morgan fingerprint density at radius 2 is 2.04 bits per heavy atom. The Morgan fingerprint density at radius 3 is 2.61 bits per heavy atom. The van der Waals surface area contributed by atoms with Crippen LogP contribution in [0.4, 0.5) is 5.69 Å². The van der Waals surface area contributed by atoms with Gasteiger partial charge in [0.15, 0.2) is 5.75 Å². The second-order valence-corrected chi connectivity index (χ2v) is 5.13. The van der Waals surface area contributed by atoms with Crippen LogP contribution in [0.5, 0.6) is 5.75 Å². The minimum Gasteiger partial charge on any atom is -0.488 e. The topological polar surface area (TPSA) is 90.7 Å². The number of amides is 1. The van der Waals surface area contributed by atoms with Crippen molar-refractivity contribution in [3.63, 3.8) is 0 Å². The van der Waals surface area contributed by atoms with Crippen molar-refractivity contribution in [3.8, 4) is 5.75 Å². The highest BCUT2D eigenvalue weighted by Gasteiger charge is 2.21. The largest absolute Gasteiger partial charge is 0.488 e. The number of benzene rings is 1. The molecule has 2 aromatic rings. The Kier molecular flexibility index (Phi) is 5.00. The summed E-state index contributed by atoms with van der Waals surface area (Å²) >= 11 is 0. The molecule has 0 spiro atoms. The third-order valence-corrected chi connectivity index (χ3v) is 2.87. The quantitative estimate of drug-likeness (QED) is 0.852. The predicted molar refractivity (Wildman–Crippen MR) is 82.7 cm³/mol. The van der Waals surface area contributed by atoms with Crippen LogP contribution in [0.1, 0.15) is 40.5 Å². The number of aryl methyl sites for hydroxylation is 1. The highest BCUT2D eigenvalue weighted by Crippen LogP contribution is 2.31. The maximum Gasteiger partial charge on any atom is 0.341 e. The average molecular weight is 318 g/mol. The first-order valence-corrected chi connectivity index (χ1v) is 7.05. The highest BCUT2D eigenvalue weighted by molar-refractivity contribution is 6.04. The number of ether oxygens (including phenoxy) is 2. The lowest BCUT2D eigenvalue weighted by atomic mass is 10.1. The Hall–Kier alpha value is -2.83. The number of nitrogens with zero attached hydrogens (tertiary/aromatic N) is 1. The van der Waals surface area contributed by atoms with Gasteiger partial charge < -0.3 is 19.3 Å². The number of methoxy groups -OCH3 is 1. The summed E-state index contributed by atoms with van der Waals surface area (Å²) in [5.41, 5.74) is 1.17. The summed E-state index contributed by atoms with van der Waals surface area (Å²) in [6.07, 6.45) is -0.191. The molecule has 23 heavy (non-hydrogen) atoms. The van der Waals surface area contributed by atoms with Gasteiger partial charge in [-0.15, -0.1) is 0 Å². The van der Waals surface area contributed by atoms with E-state index >= 15 is 0 Å². The summed E-state index contributed by atoms with van der Waals surface area (Å²) in [6.45, 7) is 5.35. The molecule has 122 valence electrons. The van der Waals surface area contributed by atoms with Crippen LogP contribution in [0.3, 0.4) is 0 Å². The number of hydrogen-bond donors (Lipinski definition) is 1. The number of carbonyl (C=O) groups is 2. The summed E-state index contributed by atoms with van der Waals surface area (Å²) < 4.78 is 15.3. The van der Waals surface area contributed by atoms with Gasteiger partial charge in [0.25, 0.3) is 5.91 Å². The zero-order chi connectivity index (χ0) is 17.0. The maximum absolute atomic E-state index is 12.2. The van der Waals surface area contributed by atoms with Gasteiger partial charge in [-0.05, 0) is 32.9 Å². The van der Waals surface area contributed by atoms with E-state index < -0.39 is 11.9 Å². The number of anilines is 1. The molecule has 0 saturated heterocycles. The van der Waals surface area contributed by atoms with Gasteiger partial charge >= 0.3 is 5.97 Å². The SMILES string of the molecule is COC(=O)c1cccc(NC(=O)c2cc(C)no2)c1OC(C)C. The fourth-order valence-corrected chi connectivity index (χ4v) is 1.92. The van der Waals surface area contributed by atoms with E-state index in [0.29, 0.717) is 11.4 Å². The van der Waals surface area contributed by atoms with Gasteiger partial charge in [-0.25, -0.2) is 4.79 Å². The minimum atomic E-state index is -0.549. The maximum atomic E-state index is 12.2. The van der Waals surface area contributed by atoms with Crippen LogP contribution in [0.15, 0.2) is 28.8 Å². The number of rotatable bonds is 5. The van der Waals surface area contributed by atoms with Crippen LogP contribution in [0.2, 0.25) is 0 Å². The molecule has 1 amide bonds. The van der Waals surface area contributed by atoms with Crippen LogP contribution in [0, 0.1) is 6.92 Å². The van der Waals surface area contributed by atoms with Crippen LogP contribution in [0.25, 0.3) is 0 Å². The van der Waals surface area contributed by atoms with E-state index in [1.807, 2.05) is 13.8 Å². The summed E-state index contributed by atoms with van der Waals surface area (Å²) in [5, 5.41) is 6.33. The molecule has 0 aliphatic rings. The molecule has 0 bridgehead atoms. The molecule has 0 aliphatic heterocycles. The van der Waals surface area contributed by atoms with E-state index in [1.54, 1.807) is 25.1 Å². The Morgan fingerprint density at radius 1 is 1.30 bits per heavy atom. The van der Waals surface area contributed by atoms with Crippen molar-refractivity contribution in [2.75, 3.05) is 12.4 Å². The lowest BCUT2D eigenvalue weighted by molar-refractivity contribution is 0.0594. The fourth-order valence-electron chi connectivity index (χ4n) is 1.92. The molecule has 0 unspecified atom stereocenters. The molecule has 0 aliphatic carbocycles. The third kappa shape index (κ3) is 3.88. The normalized spacial score (nSPS) is 10.5. The summed E-state index contributed by atoms with van der Waals surface area (Å²) in [7, 11) is 1.28. The third-order valence-electron chi connectivity index (χ3n) is 2.87. The van der Waals surface area contributed by atoms with Crippen molar-refractivity contribution >= 4 is 17.6 Å². The second kappa shape index (κ2) is 6.95. The van der Waals surface area contributed by atoms with Gasteiger partial charge in [-0.1, -0.05) is 11.2 Å². The molecule has 1 aromatic heterocycles. The number of para-hydroxylation sites is 1. The van der Waals surface area contributed by atoms with Gasteiger partial charge in [0.05, 0.1) is 24.6 Å². The van der Waals surface area contributed by atoms with Crippen molar-refractivity contribution in [2.24, 2.45) is 0 Å². The zero-order valence-corrected chi connectivity index (χ0v) is 13.4. The number of aromatic nitrogens is 1. The number of nitrogens with one attached hydrogen (secondary N) is 1. The van der Waals surface area contributed by atoms with Gasteiger partial charge in [-0.2, -0.15) is 0 Å². The van der Waals surface area contributed by atoms with Crippen molar-refractivity contribution in [1.82, 2.24) is 5.16 Å². The van der Waals surface area contributed by atoms with E-state index in [9.17, 15) is 9.59 Å². The van der Waals surface area contributed by atoms with E-state index in [0.717, 1.165) is 0 Å². The van der Waals surface area contributed by atoms with Crippen LogP contribution >= 0.6 is 0 Å². The second-order valence-electron chi connectivity index (χ2n) is 5.13. The first kappa shape index (κ1) is 16.5. The molecule has 0 fully saturated rings. The van der Waals surface area contributed by atoms with E-state index in [1.165, 1.54) is 13.2 Å². The molecule has 0 radical (unpaired) electrons. The van der Waals surface area contributed by atoms with E-state index in [4.69, 9.17) is 14.0 Å². The van der Waals surface area contributed by atoms with Gasteiger partial charge in [0, 0.05) is 6.07 Å². The molecule has 1 heterocycles. The number of esters is 1. The van der Waals surface area contributed by atoms with Gasteiger partial charge in [0.2, 0.25) is 5.76 Å². The Labute approximate surface area is 133 Å². The Balaban J connectivity index is 2.36. The molecule has 0 atom stereocenters. The smallest absolute Gasteiger partial charge is 0.341 e. The van der Waals surface area contributed by atoms with E-state index in [2.05, 4.69) is 10.5 Å². The van der Waals surface area contributed by atoms with Crippen LogP contribution in [-0.2, 0) is 4.74 Å². The van der Waals surface area contributed by atoms with Gasteiger partial charge in [0.1, 0.15) is 5.56 Å². The molecule has 2 rings (SSSR count). The zero-order valence-electron chi connectivity index (χ0n) is 13.4. The lowest BCUT2D eigenvalue weighted by Gasteiger charge is -2.17. The highest BCUT2D eigenvalue weighted by atomic mass is 16.5. The van der Waals surface area contributed by atoms with Crippen molar-refractivity contribution in [2.45, 2.75) is 26.9 Å². The minimum absolute atomic E-state index is 0.0708. The summed E-state index contributed by atoms with van der Waals surface area (Å²) in [5.74, 6) is -0.714. The molecular weight excluding hydrogens is 300 g/mol. The molecule has 0 saturated carbocycles. The molecule has 7 heteroatoms. The van der Waals surface area contributed by atoms with Crippen molar-refractivity contribution in [1.29, 1.82) is 0 Å². The Bertz CT molecular complexity index is 721. The number of hydrogen-bond acceptors (Lipinski definition) is 6. The molecular formula is C16H18N2O5. The average Bonchev–Trinajstić information content (AvgIpc) is 2.94. The van der Waals surface area contributed by atoms with Crippen molar-refractivity contribution < 1.29 is 23.6 Å². The van der Waals surface area contributed by atoms with Crippen molar-refractivity contribution in [3.05, 3.63) is 41.3 Å². The van der Waals surface area contributed by atoms with Gasteiger partial charge in [-0.3, -0.25) is 4.79 Å². The number of carbonyl (C=O) groups excluding carboxylic acids is 2. The van der Waals surface area contributed by atoms with E-state index in [-0.39, 0.29) is 23.2 Å². The lowest BCUT2D eigenvalue weighted by Crippen LogP contribution is -2.16. The fraction of sp³-hybridized carbons (Fsp3) is 0.312. The first-order chi connectivity index (χ1) is 10.9. The molecule has 7 nitrogen and oxygen atoms in total. The summed E-state index contributed by atoms with van der Waals surface area (Å²) in [4.78, 5) is 24.1.